The summed E-state index contributed by atoms with van der Waals surface area (Å²) in [7, 11) is 0. The van der Waals surface area contributed by atoms with E-state index in [0.29, 0.717) is 11.4 Å². The Bertz CT molecular complexity index is 1190. The average Bonchev–Trinajstić information content (AvgIpc) is 3.24. The van der Waals surface area contributed by atoms with Crippen molar-refractivity contribution in [2.45, 2.75) is 6.18 Å². The molecular formula is C22H14F3N3OS. The number of benzene rings is 2. The van der Waals surface area contributed by atoms with Crippen LogP contribution in [0, 0.1) is 0 Å². The van der Waals surface area contributed by atoms with E-state index in [1.807, 2.05) is 23.6 Å². The summed E-state index contributed by atoms with van der Waals surface area (Å²) in [4.78, 5) is 21.2. The normalized spacial score (nSPS) is 11.3. The Labute approximate surface area is 174 Å². The number of amides is 1. The molecule has 4 rings (SSSR count). The van der Waals surface area contributed by atoms with Crippen molar-refractivity contribution in [1.29, 1.82) is 0 Å². The monoisotopic (exact) mass is 425 g/mol. The summed E-state index contributed by atoms with van der Waals surface area (Å²) in [6.07, 6.45) is -1.21. The van der Waals surface area contributed by atoms with Crippen molar-refractivity contribution in [3.05, 3.63) is 89.6 Å². The Balaban J connectivity index is 1.58. The number of halogens is 3. The van der Waals surface area contributed by atoms with Gasteiger partial charge in [-0.2, -0.15) is 13.2 Å². The van der Waals surface area contributed by atoms with Crippen LogP contribution >= 0.6 is 11.3 Å². The van der Waals surface area contributed by atoms with Gasteiger partial charge in [0.05, 0.1) is 16.8 Å². The minimum Gasteiger partial charge on any atom is -0.322 e. The molecule has 0 bridgehead atoms. The lowest BCUT2D eigenvalue weighted by Gasteiger charge is -2.13. The molecule has 2 aromatic carbocycles. The number of carbonyl (C=O) groups excluding carboxylic acids is 1. The van der Waals surface area contributed by atoms with Gasteiger partial charge >= 0.3 is 6.18 Å². The van der Waals surface area contributed by atoms with Crippen molar-refractivity contribution in [2.24, 2.45) is 0 Å². The van der Waals surface area contributed by atoms with E-state index in [2.05, 4.69) is 15.3 Å². The number of carbonyl (C=O) groups is 1. The molecule has 150 valence electrons. The maximum Gasteiger partial charge on any atom is 0.417 e. The summed E-state index contributed by atoms with van der Waals surface area (Å²) in [5, 5.41) is 5.22. The fraction of sp³-hybridized carbons (Fsp3) is 0.0455. The number of alkyl halides is 3. The van der Waals surface area contributed by atoms with Crippen molar-refractivity contribution >= 4 is 22.9 Å². The lowest BCUT2D eigenvalue weighted by atomic mass is 10.1. The summed E-state index contributed by atoms with van der Waals surface area (Å²) >= 11 is 1.46. The maximum absolute atomic E-state index is 13.2. The molecule has 0 radical (unpaired) electrons. The Kier molecular flexibility index (Phi) is 5.33. The highest BCUT2D eigenvalue weighted by Gasteiger charge is 2.34. The molecule has 1 N–H and O–H groups in total. The number of rotatable bonds is 4. The first kappa shape index (κ1) is 19.8. The quantitative estimate of drug-likeness (QED) is 0.427. The molecule has 0 saturated carbocycles. The van der Waals surface area contributed by atoms with E-state index in [-0.39, 0.29) is 0 Å². The minimum atomic E-state index is -4.61. The first-order chi connectivity index (χ1) is 14.4. The van der Waals surface area contributed by atoms with E-state index in [9.17, 15) is 18.0 Å². The molecule has 0 unspecified atom stereocenters. The van der Waals surface area contributed by atoms with Gasteiger partial charge < -0.3 is 5.32 Å². The average molecular weight is 425 g/mol. The summed E-state index contributed by atoms with van der Waals surface area (Å²) in [6.45, 7) is 0. The minimum absolute atomic E-state index is 0.380. The first-order valence-electron chi connectivity index (χ1n) is 8.86. The fourth-order valence-electron chi connectivity index (χ4n) is 2.91. The van der Waals surface area contributed by atoms with Crippen LogP contribution in [0.5, 0.6) is 0 Å². The van der Waals surface area contributed by atoms with Crippen LogP contribution in [0.15, 0.2) is 78.4 Å². The lowest BCUT2D eigenvalue weighted by molar-refractivity contribution is -0.137. The molecular weight excluding hydrogens is 411 g/mol. The number of hydrogen-bond donors (Lipinski definition) is 1. The van der Waals surface area contributed by atoms with Gasteiger partial charge in [-0.05, 0) is 36.4 Å². The molecule has 0 spiro atoms. The Morgan fingerprint density at radius 2 is 1.77 bits per heavy atom. The zero-order chi connectivity index (χ0) is 21.1. The molecule has 4 aromatic rings. The fourth-order valence-corrected chi connectivity index (χ4v) is 3.73. The van der Waals surface area contributed by atoms with Crippen LogP contribution in [0.4, 0.5) is 18.9 Å². The molecule has 4 nitrogen and oxygen atoms in total. The molecule has 2 aromatic heterocycles. The predicted octanol–water partition coefficient (Wildman–Crippen LogP) is 6.14. The predicted molar refractivity (Wildman–Crippen MR) is 110 cm³/mol. The highest BCUT2D eigenvalue weighted by Crippen LogP contribution is 2.33. The van der Waals surface area contributed by atoms with Crippen molar-refractivity contribution in [3.8, 4) is 21.8 Å². The van der Waals surface area contributed by atoms with Gasteiger partial charge in [-0.15, -0.1) is 11.3 Å². The van der Waals surface area contributed by atoms with Crippen LogP contribution in [-0.4, -0.2) is 15.9 Å². The lowest BCUT2D eigenvalue weighted by Crippen LogP contribution is -2.18. The van der Waals surface area contributed by atoms with Gasteiger partial charge in [0, 0.05) is 34.6 Å². The molecule has 8 heteroatoms. The molecule has 0 aliphatic rings. The zero-order valence-electron chi connectivity index (χ0n) is 15.4. The van der Waals surface area contributed by atoms with Gasteiger partial charge in [0.15, 0.2) is 0 Å². The third-order valence-electron chi connectivity index (χ3n) is 4.31. The third kappa shape index (κ3) is 4.23. The zero-order valence-corrected chi connectivity index (χ0v) is 16.2. The molecule has 0 saturated heterocycles. The topological polar surface area (TPSA) is 54.9 Å². The third-order valence-corrected chi connectivity index (χ3v) is 5.20. The maximum atomic E-state index is 13.2. The van der Waals surface area contributed by atoms with E-state index < -0.39 is 23.2 Å². The molecule has 30 heavy (non-hydrogen) atoms. The smallest absolute Gasteiger partial charge is 0.322 e. The van der Waals surface area contributed by atoms with E-state index in [1.54, 1.807) is 30.6 Å². The number of nitrogens with zero attached hydrogens (tertiary/aromatic N) is 2. The number of thiazole rings is 1. The summed E-state index contributed by atoms with van der Waals surface area (Å²) < 4.78 is 39.6. The van der Waals surface area contributed by atoms with Crippen LogP contribution in [0.25, 0.3) is 21.8 Å². The standard InChI is InChI=1S/C22H14F3N3OS/c23-22(24,25)18-9-2-1-8-17(18)20(29)27-16-7-3-5-14(11-16)19-13-30-21(28-19)15-6-4-10-26-12-15/h1-13H,(H,27,29). The van der Waals surface area contributed by atoms with E-state index in [1.165, 1.54) is 23.5 Å². The van der Waals surface area contributed by atoms with Crippen LogP contribution < -0.4 is 5.32 Å². The molecule has 1 amide bonds. The van der Waals surface area contributed by atoms with E-state index >= 15 is 0 Å². The van der Waals surface area contributed by atoms with Crippen LogP contribution in [0.3, 0.4) is 0 Å². The molecule has 2 heterocycles. The van der Waals surface area contributed by atoms with Crippen molar-refractivity contribution < 1.29 is 18.0 Å². The largest absolute Gasteiger partial charge is 0.417 e. The molecule has 0 aliphatic carbocycles. The van der Waals surface area contributed by atoms with Crippen LogP contribution in [-0.2, 0) is 6.18 Å². The van der Waals surface area contributed by atoms with E-state index in [4.69, 9.17) is 0 Å². The summed E-state index contributed by atoms with van der Waals surface area (Å²) in [6, 6.07) is 15.3. The summed E-state index contributed by atoms with van der Waals surface area (Å²) in [5.41, 5.74) is 1.31. The van der Waals surface area contributed by atoms with Crippen molar-refractivity contribution in [2.75, 3.05) is 5.32 Å². The van der Waals surface area contributed by atoms with Gasteiger partial charge in [-0.25, -0.2) is 4.98 Å². The van der Waals surface area contributed by atoms with Gasteiger partial charge in [0.1, 0.15) is 5.01 Å². The number of hydrogen-bond acceptors (Lipinski definition) is 4. The van der Waals surface area contributed by atoms with Gasteiger partial charge in [-0.3, -0.25) is 9.78 Å². The Morgan fingerprint density at radius 3 is 2.53 bits per heavy atom. The number of nitrogens with one attached hydrogen (secondary N) is 1. The van der Waals surface area contributed by atoms with Crippen LogP contribution in [0.1, 0.15) is 15.9 Å². The highest BCUT2D eigenvalue weighted by atomic mass is 32.1. The first-order valence-corrected chi connectivity index (χ1v) is 9.74. The second-order valence-electron chi connectivity index (χ2n) is 6.36. The number of anilines is 1. The van der Waals surface area contributed by atoms with Gasteiger partial charge in [-0.1, -0.05) is 24.3 Å². The number of aromatic nitrogens is 2. The highest BCUT2D eigenvalue weighted by molar-refractivity contribution is 7.13. The SMILES string of the molecule is O=C(Nc1cccc(-c2csc(-c3cccnc3)n2)c1)c1ccccc1C(F)(F)F. The number of pyridine rings is 1. The van der Waals surface area contributed by atoms with Gasteiger partial charge in [0.2, 0.25) is 0 Å². The molecule has 0 atom stereocenters. The van der Waals surface area contributed by atoms with E-state index in [0.717, 1.165) is 28.3 Å². The summed E-state index contributed by atoms with van der Waals surface area (Å²) in [5.74, 6) is -0.825. The second-order valence-corrected chi connectivity index (χ2v) is 7.22. The molecule has 0 aliphatic heterocycles. The van der Waals surface area contributed by atoms with Crippen LogP contribution in [0.2, 0.25) is 0 Å². The van der Waals surface area contributed by atoms with Crippen molar-refractivity contribution in [3.63, 3.8) is 0 Å². The van der Waals surface area contributed by atoms with Gasteiger partial charge in [0.25, 0.3) is 5.91 Å². The Morgan fingerprint density at radius 1 is 0.967 bits per heavy atom. The Hall–Kier alpha value is -3.52. The second kappa shape index (κ2) is 8.08. The van der Waals surface area contributed by atoms with Crippen molar-refractivity contribution in [1.82, 2.24) is 9.97 Å². The molecule has 0 fully saturated rings.